The second-order valence-electron chi connectivity index (χ2n) is 2.99. The summed E-state index contributed by atoms with van der Waals surface area (Å²) in [5, 5.41) is 8.28. The van der Waals surface area contributed by atoms with Gasteiger partial charge >= 0.3 is 0 Å². The van der Waals surface area contributed by atoms with E-state index in [2.05, 4.69) is 10.3 Å². The lowest BCUT2D eigenvalue weighted by Gasteiger charge is -2.03. The Kier molecular flexibility index (Phi) is 2.78. The molecule has 0 saturated heterocycles. The zero-order chi connectivity index (χ0) is 10.7. The quantitative estimate of drug-likeness (QED) is 0.741. The third-order valence-corrected chi connectivity index (χ3v) is 2.20. The van der Waals surface area contributed by atoms with Gasteiger partial charge in [0, 0.05) is 11.4 Å². The van der Waals surface area contributed by atoms with Crippen LogP contribution in [0.5, 0.6) is 0 Å². The molecular weight excluding hydrogens is 214 g/mol. The summed E-state index contributed by atoms with van der Waals surface area (Å²) in [5.74, 6) is 0. The van der Waals surface area contributed by atoms with Crippen LogP contribution in [-0.2, 0) is 11.2 Å². The topological polar surface area (TPSA) is 47.8 Å². The van der Waals surface area contributed by atoms with E-state index in [-0.39, 0.29) is 0 Å². The number of carbonyl (C=O) groups excluding carboxylic acids is 1. The highest BCUT2D eigenvalue weighted by Gasteiger charge is 2.05. The van der Waals surface area contributed by atoms with Crippen molar-refractivity contribution in [1.29, 1.82) is 0 Å². The minimum atomic E-state index is 0.291. The van der Waals surface area contributed by atoms with Crippen LogP contribution in [0.15, 0.2) is 30.5 Å². The van der Waals surface area contributed by atoms with E-state index in [1.165, 1.54) is 0 Å². The smallest absolute Gasteiger partial charge is 0.126 e. The predicted molar refractivity (Wildman–Crippen MR) is 56.1 cm³/mol. The maximum Gasteiger partial charge on any atom is 0.126 e. The largest absolute Gasteiger partial charge is 0.303 e. The molecule has 0 fully saturated rings. The number of hydrogen-bond donors (Lipinski definition) is 0. The molecule has 76 valence electrons. The monoisotopic (exact) mass is 221 g/mol. The summed E-state index contributed by atoms with van der Waals surface area (Å²) in [6.07, 6.45) is 2.68. The molecule has 0 aliphatic carbocycles. The number of benzene rings is 1. The molecule has 0 aliphatic rings. The van der Waals surface area contributed by atoms with E-state index in [9.17, 15) is 4.79 Å². The number of hydrogen-bond acceptors (Lipinski definition) is 3. The van der Waals surface area contributed by atoms with Crippen molar-refractivity contribution < 1.29 is 4.79 Å². The molecule has 0 radical (unpaired) electrons. The van der Waals surface area contributed by atoms with Gasteiger partial charge in [-0.25, -0.2) is 4.68 Å². The molecule has 4 nitrogen and oxygen atoms in total. The summed E-state index contributed by atoms with van der Waals surface area (Å²) in [6.45, 7) is 0. The zero-order valence-corrected chi connectivity index (χ0v) is 8.55. The molecular formula is C10H8ClN3O. The number of rotatable bonds is 3. The molecule has 0 unspecified atom stereocenters. The van der Waals surface area contributed by atoms with Crippen LogP contribution in [0.2, 0.25) is 5.02 Å². The van der Waals surface area contributed by atoms with Gasteiger partial charge in [0.05, 0.1) is 17.6 Å². The maximum absolute atomic E-state index is 10.4. The molecule has 0 bridgehead atoms. The van der Waals surface area contributed by atoms with Crippen LogP contribution in [0, 0.1) is 0 Å². The predicted octanol–water partition coefficient (Wildman–Crippen LogP) is 1.66. The number of aldehydes is 1. The first-order chi connectivity index (χ1) is 7.31. The fourth-order valence-electron chi connectivity index (χ4n) is 1.31. The van der Waals surface area contributed by atoms with Gasteiger partial charge in [0.2, 0.25) is 0 Å². The van der Waals surface area contributed by atoms with Crippen molar-refractivity contribution in [3.8, 4) is 5.69 Å². The number of halogens is 1. The molecule has 0 N–H and O–H groups in total. The van der Waals surface area contributed by atoms with Crippen molar-refractivity contribution >= 4 is 17.9 Å². The minimum Gasteiger partial charge on any atom is -0.303 e. The van der Waals surface area contributed by atoms with E-state index in [1.807, 2.05) is 12.1 Å². The van der Waals surface area contributed by atoms with E-state index in [1.54, 1.807) is 23.0 Å². The molecule has 0 amide bonds. The van der Waals surface area contributed by atoms with Gasteiger partial charge in [-0.1, -0.05) is 22.9 Å². The number of carbonyl (C=O) groups is 1. The second-order valence-corrected chi connectivity index (χ2v) is 3.42. The Bertz CT molecular complexity index is 481. The first-order valence-electron chi connectivity index (χ1n) is 4.40. The standard InChI is InChI=1S/C10H8ClN3O/c11-8-2-1-3-9(6-8)14-10(4-5-15)7-12-13-14/h1-3,5-7H,4H2. The highest BCUT2D eigenvalue weighted by atomic mass is 35.5. The van der Waals surface area contributed by atoms with Crippen LogP contribution in [0.4, 0.5) is 0 Å². The first kappa shape index (κ1) is 9.86. The van der Waals surface area contributed by atoms with Crippen molar-refractivity contribution in [2.24, 2.45) is 0 Å². The summed E-state index contributed by atoms with van der Waals surface area (Å²) in [5.41, 5.74) is 1.55. The third-order valence-electron chi connectivity index (χ3n) is 1.97. The Morgan fingerprint density at radius 2 is 2.33 bits per heavy atom. The van der Waals surface area contributed by atoms with Gasteiger partial charge in [-0.15, -0.1) is 5.10 Å². The van der Waals surface area contributed by atoms with Gasteiger partial charge in [-0.2, -0.15) is 0 Å². The lowest BCUT2D eigenvalue weighted by atomic mass is 10.3. The number of aromatic nitrogens is 3. The van der Waals surface area contributed by atoms with E-state index in [0.29, 0.717) is 11.4 Å². The van der Waals surface area contributed by atoms with Crippen molar-refractivity contribution in [1.82, 2.24) is 15.0 Å². The fraction of sp³-hybridized carbons (Fsp3) is 0.100. The Labute approximate surface area is 91.5 Å². The molecule has 0 saturated carbocycles. The zero-order valence-electron chi connectivity index (χ0n) is 7.80. The molecule has 2 aromatic rings. The van der Waals surface area contributed by atoms with Gasteiger partial charge in [0.1, 0.15) is 6.29 Å². The average Bonchev–Trinajstić information content (AvgIpc) is 2.66. The SMILES string of the molecule is O=CCc1cnnn1-c1cccc(Cl)c1. The Morgan fingerprint density at radius 1 is 1.47 bits per heavy atom. The highest BCUT2D eigenvalue weighted by Crippen LogP contribution is 2.15. The van der Waals surface area contributed by atoms with E-state index < -0.39 is 0 Å². The van der Waals surface area contributed by atoms with E-state index in [4.69, 9.17) is 11.6 Å². The van der Waals surface area contributed by atoms with Crippen LogP contribution in [-0.4, -0.2) is 21.3 Å². The third kappa shape index (κ3) is 2.05. The molecule has 0 spiro atoms. The Morgan fingerprint density at radius 3 is 3.07 bits per heavy atom. The van der Waals surface area contributed by atoms with Gasteiger partial charge in [-0.3, -0.25) is 0 Å². The summed E-state index contributed by atoms with van der Waals surface area (Å²) in [4.78, 5) is 10.4. The lowest BCUT2D eigenvalue weighted by molar-refractivity contribution is -0.107. The van der Waals surface area contributed by atoms with Gasteiger partial charge < -0.3 is 4.79 Å². The van der Waals surface area contributed by atoms with Crippen LogP contribution in [0.25, 0.3) is 5.69 Å². The summed E-state index contributed by atoms with van der Waals surface area (Å²) < 4.78 is 1.60. The van der Waals surface area contributed by atoms with Crippen molar-refractivity contribution in [3.63, 3.8) is 0 Å². The normalized spacial score (nSPS) is 10.2. The molecule has 15 heavy (non-hydrogen) atoms. The molecule has 2 rings (SSSR count). The summed E-state index contributed by atoms with van der Waals surface area (Å²) in [7, 11) is 0. The van der Waals surface area contributed by atoms with Crippen LogP contribution in [0.3, 0.4) is 0 Å². The van der Waals surface area contributed by atoms with Crippen LogP contribution < -0.4 is 0 Å². The van der Waals surface area contributed by atoms with Crippen molar-refractivity contribution in [2.45, 2.75) is 6.42 Å². The van der Waals surface area contributed by atoms with Crippen molar-refractivity contribution in [3.05, 3.63) is 41.2 Å². The average molecular weight is 222 g/mol. The summed E-state index contributed by atoms with van der Waals surface area (Å²) in [6, 6.07) is 7.23. The fourth-order valence-corrected chi connectivity index (χ4v) is 1.49. The molecule has 1 aromatic heterocycles. The molecule has 1 heterocycles. The maximum atomic E-state index is 10.4. The second kappa shape index (κ2) is 4.23. The number of nitrogens with zero attached hydrogens (tertiary/aromatic N) is 3. The minimum absolute atomic E-state index is 0.291. The molecule has 0 atom stereocenters. The van der Waals surface area contributed by atoms with Gasteiger partial charge in [-0.05, 0) is 18.2 Å². The van der Waals surface area contributed by atoms with E-state index in [0.717, 1.165) is 17.7 Å². The van der Waals surface area contributed by atoms with Crippen molar-refractivity contribution in [2.75, 3.05) is 0 Å². The van der Waals surface area contributed by atoms with Gasteiger partial charge in [0.15, 0.2) is 0 Å². The Hall–Kier alpha value is -1.68. The van der Waals surface area contributed by atoms with E-state index >= 15 is 0 Å². The first-order valence-corrected chi connectivity index (χ1v) is 4.78. The highest BCUT2D eigenvalue weighted by molar-refractivity contribution is 6.30. The lowest BCUT2D eigenvalue weighted by Crippen LogP contribution is -2.02. The van der Waals surface area contributed by atoms with Gasteiger partial charge in [0.25, 0.3) is 0 Å². The summed E-state index contributed by atoms with van der Waals surface area (Å²) >= 11 is 5.86. The molecule has 0 aliphatic heterocycles. The van der Waals surface area contributed by atoms with Crippen LogP contribution in [0.1, 0.15) is 5.69 Å². The molecule has 5 heteroatoms. The Balaban J connectivity index is 2.44. The molecule has 1 aromatic carbocycles. The van der Waals surface area contributed by atoms with Crippen LogP contribution >= 0.6 is 11.6 Å².